The monoisotopic (exact) mass is 440 g/mol. The van der Waals surface area contributed by atoms with Gasteiger partial charge in [0.15, 0.2) is 5.69 Å². The smallest absolute Gasteiger partial charge is 0.337 e. The molecule has 0 N–H and O–H groups in total. The number of amides is 1. The second-order valence-corrected chi connectivity index (χ2v) is 6.78. The number of allylic oxidation sites excluding steroid dienone is 4. The van der Waals surface area contributed by atoms with Gasteiger partial charge in [0.2, 0.25) is 5.95 Å². The first-order chi connectivity index (χ1) is 15.3. The van der Waals surface area contributed by atoms with Crippen LogP contribution in [0.3, 0.4) is 0 Å². The Hall–Kier alpha value is -4.00. The zero-order valence-corrected chi connectivity index (χ0v) is 17.0. The van der Waals surface area contributed by atoms with Gasteiger partial charge in [0.1, 0.15) is 6.07 Å². The lowest BCUT2D eigenvalue weighted by molar-refractivity contribution is -0.141. The number of halogens is 3. The number of carbonyl (C=O) groups excluding carboxylic acids is 1. The molecule has 0 aromatic carbocycles. The molecule has 0 bridgehead atoms. The number of nitriles is 1. The highest BCUT2D eigenvalue weighted by Gasteiger charge is 2.40. The van der Waals surface area contributed by atoms with Gasteiger partial charge in [-0.15, -0.1) is 0 Å². The summed E-state index contributed by atoms with van der Waals surface area (Å²) in [6, 6.07) is 4.44. The third-order valence-electron chi connectivity index (χ3n) is 4.83. The fraction of sp³-hybridized carbons (Fsp3) is 0.227. The molecule has 3 heterocycles. The molecule has 7 nitrogen and oxygen atoms in total. The number of hydrogen-bond donors (Lipinski definition) is 0. The van der Waals surface area contributed by atoms with Crippen molar-refractivity contribution >= 4 is 17.4 Å². The highest BCUT2D eigenvalue weighted by Crippen LogP contribution is 2.34. The van der Waals surface area contributed by atoms with E-state index in [0.717, 1.165) is 6.07 Å². The van der Waals surface area contributed by atoms with Crippen molar-refractivity contribution in [3.05, 3.63) is 78.4 Å². The Morgan fingerprint density at radius 3 is 2.34 bits per heavy atom. The Bertz CT molecular complexity index is 1100. The molecule has 0 spiro atoms. The van der Waals surface area contributed by atoms with E-state index in [2.05, 4.69) is 28.1 Å². The van der Waals surface area contributed by atoms with Gasteiger partial charge >= 0.3 is 6.18 Å². The predicted molar refractivity (Wildman–Crippen MR) is 112 cm³/mol. The number of nitrogens with zero attached hydrogens (tertiary/aromatic N) is 6. The van der Waals surface area contributed by atoms with E-state index in [1.165, 1.54) is 23.1 Å². The summed E-state index contributed by atoms with van der Waals surface area (Å²) in [5.41, 5.74) is -2.19. The minimum atomic E-state index is -4.89. The molecule has 0 atom stereocenters. The number of piperazine rings is 1. The molecule has 1 aliphatic heterocycles. The minimum absolute atomic E-state index is 0.161. The summed E-state index contributed by atoms with van der Waals surface area (Å²) in [6.45, 7) is 8.12. The second-order valence-electron chi connectivity index (χ2n) is 6.78. The van der Waals surface area contributed by atoms with Crippen molar-refractivity contribution < 1.29 is 18.0 Å². The average molecular weight is 440 g/mol. The molecular weight excluding hydrogens is 421 g/mol. The van der Waals surface area contributed by atoms with Crippen LogP contribution in [0.25, 0.3) is 5.57 Å². The fourth-order valence-corrected chi connectivity index (χ4v) is 3.30. The van der Waals surface area contributed by atoms with Gasteiger partial charge in [-0.1, -0.05) is 31.4 Å². The summed E-state index contributed by atoms with van der Waals surface area (Å²) in [4.78, 5) is 28.1. The number of aromatic nitrogens is 3. The van der Waals surface area contributed by atoms with E-state index in [4.69, 9.17) is 0 Å². The van der Waals surface area contributed by atoms with Gasteiger partial charge in [0, 0.05) is 44.1 Å². The lowest BCUT2D eigenvalue weighted by Gasteiger charge is -2.35. The summed E-state index contributed by atoms with van der Waals surface area (Å²) >= 11 is 0. The molecule has 0 unspecified atom stereocenters. The molecule has 164 valence electrons. The van der Waals surface area contributed by atoms with E-state index < -0.39 is 23.3 Å². The molecule has 2 aromatic rings. The number of alkyl halides is 3. The normalized spacial score (nSPS) is 14.6. The molecule has 0 radical (unpaired) electrons. The zero-order valence-electron chi connectivity index (χ0n) is 17.0. The maximum atomic E-state index is 13.8. The number of pyridine rings is 1. The number of rotatable bonds is 5. The van der Waals surface area contributed by atoms with Crippen molar-refractivity contribution in [1.82, 2.24) is 19.9 Å². The minimum Gasteiger partial charge on any atom is -0.337 e. The number of carbonyl (C=O) groups is 1. The maximum absolute atomic E-state index is 13.8. The van der Waals surface area contributed by atoms with Crippen molar-refractivity contribution in [3.63, 3.8) is 0 Å². The molecule has 2 aromatic heterocycles. The third-order valence-corrected chi connectivity index (χ3v) is 4.83. The van der Waals surface area contributed by atoms with Crippen LogP contribution in [0.5, 0.6) is 0 Å². The van der Waals surface area contributed by atoms with Crippen LogP contribution >= 0.6 is 0 Å². The number of anilines is 1. The van der Waals surface area contributed by atoms with Crippen molar-refractivity contribution in [2.45, 2.75) is 6.18 Å². The molecule has 32 heavy (non-hydrogen) atoms. The quantitative estimate of drug-likeness (QED) is 0.662. The van der Waals surface area contributed by atoms with Gasteiger partial charge in [0.25, 0.3) is 5.91 Å². The molecule has 1 aliphatic rings. The van der Waals surface area contributed by atoms with Crippen LogP contribution in [0.2, 0.25) is 0 Å². The Labute approximate surface area is 182 Å². The van der Waals surface area contributed by atoms with Crippen molar-refractivity contribution in [2.24, 2.45) is 0 Å². The predicted octanol–water partition coefficient (Wildman–Crippen LogP) is 3.48. The summed E-state index contributed by atoms with van der Waals surface area (Å²) < 4.78 is 41.5. The van der Waals surface area contributed by atoms with Gasteiger partial charge in [0.05, 0.1) is 16.8 Å². The molecule has 0 saturated carbocycles. The molecule has 0 aliphatic carbocycles. The zero-order chi connectivity index (χ0) is 23.3. The van der Waals surface area contributed by atoms with Crippen molar-refractivity contribution in [1.29, 1.82) is 5.26 Å². The van der Waals surface area contributed by atoms with Gasteiger partial charge < -0.3 is 9.80 Å². The average Bonchev–Trinajstić information content (AvgIpc) is 2.81. The van der Waals surface area contributed by atoms with E-state index in [1.54, 1.807) is 18.5 Å². The van der Waals surface area contributed by atoms with E-state index in [-0.39, 0.29) is 29.9 Å². The van der Waals surface area contributed by atoms with E-state index >= 15 is 0 Å². The van der Waals surface area contributed by atoms with Crippen LogP contribution < -0.4 is 4.90 Å². The van der Waals surface area contributed by atoms with Crippen LogP contribution in [0.1, 0.15) is 27.3 Å². The third kappa shape index (κ3) is 4.67. The lowest BCUT2D eigenvalue weighted by Crippen LogP contribution is -2.49. The Morgan fingerprint density at radius 2 is 1.81 bits per heavy atom. The first-order valence-corrected chi connectivity index (χ1v) is 9.59. The topological polar surface area (TPSA) is 86.0 Å². The van der Waals surface area contributed by atoms with Crippen LogP contribution in [-0.2, 0) is 6.18 Å². The lowest BCUT2D eigenvalue weighted by atomic mass is 10.0. The first kappa shape index (κ1) is 22.7. The second kappa shape index (κ2) is 9.43. The maximum Gasteiger partial charge on any atom is 0.434 e. The van der Waals surface area contributed by atoms with Crippen molar-refractivity contribution in [2.75, 3.05) is 31.1 Å². The highest BCUT2D eigenvalue weighted by atomic mass is 19.4. The van der Waals surface area contributed by atoms with Gasteiger partial charge in [-0.25, -0.2) is 15.0 Å². The summed E-state index contributed by atoms with van der Waals surface area (Å²) in [7, 11) is 0. The first-order valence-electron chi connectivity index (χ1n) is 9.59. The Kier molecular flexibility index (Phi) is 6.68. The molecule has 1 saturated heterocycles. The Balaban J connectivity index is 1.95. The van der Waals surface area contributed by atoms with Gasteiger partial charge in [-0.2, -0.15) is 18.4 Å². The highest BCUT2D eigenvalue weighted by molar-refractivity contribution is 5.96. The van der Waals surface area contributed by atoms with E-state index in [0.29, 0.717) is 19.0 Å². The van der Waals surface area contributed by atoms with Crippen LogP contribution in [0.15, 0.2) is 55.9 Å². The van der Waals surface area contributed by atoms with Gasteiger partial charge in [-0.3, -0.25) is 4.79 Å². The molecule has 10 heteroatoms. The molecular formula is C22H19F3N6O. The molecule has 1 fully saturated rings. The molecule has 3 rings (SSSR count). The van der Waals surface area contributed by atoms with Crippen LogP contribution in [0, 0.1) is 11.3 Å². The largest absolute Gasteiger partial charge is 0.434 e. The SMILES string of the molecule is C=C/C=C(\C=C)c1nc(C(F)(F)F)c(C(=O)N2CCN(c3ncccn3)CC2)cc1C#N. The summed E-state index contributed by atoms with van der Waals surface area (Å²) in [5.74, 6) is -0.353. The van der Waals surface area contributed by atoms with Crippen LogP contribution in [-0.4, -0.2) is 51.9 Å². The molecule has 1 amide bonds. The van der Waals surface area contributed by atoms with E-state index in [9.17, 15) is 23.2 Å². The van der Waals surface area contributed by atoms with Gasteiger partial charge in [-0.05, 0) is 12.1 Å². The van der Waals surface area contributed by atoms with Crippen molar-refractivity contribution in [3.8, 4) is 6.07 Å². The standard InChI is InChI=1S/C22H19F3N6O/c1-3-6-15(4-2)18-16(14-26)13-17(19(29-18)22(23,24)25)20(32)30-9-11-31(12-10-30)21-27-7-5-8-28-21/h3-8,13H,1-2,9-12H2/b15-6+. The Morgan fingerprint density at radius 1 is 1.16 bits per heavy atom. The van der Waals surface area contributed by atoms with Crippen LogP contribution in [0.4, 0.5) is 19.1 Å². The summed E-state index contributed by atoms with van der Waals surface area (Å²) in [5, 5.41) is 9.50. The van der Waals surface area contributed by atoms with E-state index in [1.807, 2.05) is 11.0 Å². The number of hydrogen-bond acceptors (Lipinski definition) is 6. The summed E-state index contributed by atoms with van der Waals surface area (Å²) in [6.07, 6.45) is 2.30. The fourth-order valence-electron chi connectivity index (χ4n) is 3.30.